The second-order valence-corrected chi connectivity index (χ2v) is 6.63. The molecule has 0 aliphatic rings. The van der Waals surface area contributed by atoms with Crippen LogP contribution in [0.5, 0.6) is 0 Å². The van der Waals surface area contributed by atoms with Crippen molar-refractivity contribution >= 4 is 28.6 Å². The lowest BCUT2D eigenvalue weighted by Crippen LogP contribution is -2.22. The Morgan fingerprint density at radius 2 is 1.87 bits per heavy atom. The monoisotopic (exact) mass is 400 g/mol. The van der Waals surface area contributed by atoms with Crippen molar-refractivity contribution in [2.75, 3.05) is 5.32 Å². The van der Waals surface area contributed by atoms with E-state index in [-0.39, 0.29) is 11.3 Å². The second-order valence-electron chi connectivity index (χ2n) is 6.63. The molecule has 0 unspecified atom stereocenters. The molecular formula is C22H16N4O4. The van der Waals surface area contributed by atoms with Gasteiger partial charge < -0.3 is 9.72 Å². The second kappa shape index (κ2) is 7.96. The first-order valence-electron chi connectivity index (χ1n) is 9.11. The van der Waals surface area contributed by atoms with Gasteiger partial charge in [-0.15, -0.1) is 0 Å². The van der Waals surface area contributed by atoms with E-state index in [1.165, 1.54) is 18.3 Å². The number of nitro groups is 1. The number of nitrogens with one attached hydrogen (secondary N) is 1. The van der Waals surface area contributed by atoms with Crippen molar-refractivity contribution in [1.29, 1.82) is 0 Å². The number of anilines is 1. The Balaban J connectivity index is 1.64. The molecule has 3 heterocycles. The van der Waals surface area contributed by atoms with E-state index in [4.69, 9.17) is 0 Å². The van der Waals surface area contributed by atoms with Gasteiger partial charge in [0.05, 0.1) is 27.9 Å². The zero-order chi connectivity index (χ0) is 21.1. The number of aromatic nitrogens is 2. The number of carbonyl (C=O) groups is 2. The highest BCUT2D eigenvalue weighted by molar-refractivity contribution is 6.47. The Morgan fingerprint density at radius 1 is 1.07 bits per heavy atom. The number of nitro benzene ring substituents is 1. The van der Waals surface area contributed by atoms with Gasteiger partial charge in [0.15, 0.2) is 0 Å². The van der Waals surface area contributed by atoms with Gasteiger partial charge in [0, 0.05) is 36.6 Å². The topological polar surface area (TPSA) is 107 Å². The summed E-state index contributed by atoms with van der Waals surface area (Å²) in [6.07, 6.45) is 5.29. The van der Waals surface area contributed by atoms with Crippen molar-refractivity contribution in [3.63, 3.8) is 0 Å². The van der Waals surface area contributed by atoms with E-state index in [1.807, 2.05) is 16.7 Å². The van der Waals surface area contributed by atoms with Crippen LogP contribution in [0.25, 0.3) is 5.52 Å². The minimum absolute atomic E-state index is 0.0155. The molecule has 8 heteroatoms. The fourth-order valence-electron chi connectivity index (χ4n) is 3.23. The van der Waals surface area contributed by atoms with E-state index in [2.05, 4.69) is 10.3 Å². The van der Waals surface area contributed by atoms with Gasteiger partial charge in [0.1, 0.15) is 0 Å². The molecule has 4 aromatic rings. The van der Waals surface area contributed by atoms with Crippen LogP contribution in [0.4, 0.5) is 11.4 Å². The lowest BCUT2D eigenvalue weighted by atomic mass is 10.1. The number of amides is 1. The summed E-state index contributed by atoms with van der Waals surface area (Å²) in [4.78, 5) is 39.6. The minimum atomic E-state index is -0.749. The molecule has 30 heavy (non-hydrogen) atoms. The maximum Gasteiger partial charge on any atom is 0.296 e. The van der Waals surface area contributed by atoms with Crippen LogP contribution < -0.4 is 5.32 Å². The fraction of sp³-hybridized carbons (Fsp3) is 0.0455. The lowest BCUT2D eigenvalue weighted by Gasteiger charge is -2.04. The number of nitrogens with zero attached hydrogens (tertiary/aromatic N) is 3. The molecule has 0 atom stereocenters. The average molecular weight is 400 g/mol. The zero-order valence-corrected chi connectivity index (χ0v) is 15.7. The molecule has 4 rings (SSSR count). The number of ketones is 1. The largest absolute Gasteiger partial charge is 0.320 e. The van der Waals surface area contributed by atoms with E-state index < -0.39 is 16.6 Å². The Bertz CT molecular complexity index is 1250. The molecule has 1 N–H and O–H groups in total. The summed E-state index contributed by atoms with van der Waals surface area (Å²) >= 11 is 0. The van der Waals surface area contributed by atoms with Gasteiger partial charge in [-0.1, -0.05) is 18.2 Å². The number of rotatable bonds is 6. The summed E-state index contributed by atoms with van der Waals surface area (Å²) in [6, 6.07) is 16.6. The van der Waals surface area contributed by atoms with Crippen molar-refractivity contribution in [2.45, 2.75) is 6.42 Å². The maximum absolute atomic E-state index is 12.8. The van der Waals surface area contributed by atoms with Crippen LogP contribution in [-0.4, -0.2) is 26.0 Å². The van der Waals surface area contributed by atoms with Crippen molar-refractivity contribution in [1.82, 2.24) is 9.38 Å². The SMILES string of the molecule is O=C(Nc1cccnc1)C(=O)c1cc(Cc2ccc([N+](=O)[O-])cc2)n2ccccc12. The summed E-state index contributed by atoms with van der Waals surface area (Å²) in [5, 5.41) is 13.4. The molecule has 148 valence electrons. The summed E-state index contributed by atoms with van der Waals surface area (Å²) in [6.45, 7) is 0. The first-order valence-corrected chi connectivity index (χ1v) is 9.11. The Kier molecular flexibility index (Phi) is 5.04. The first kappa shape index (κ1) is 19.0. The Morgan fingerprint density at radius 3 is 2.57 bits per heavy atom. The summed E-state index contributed by atoms with van der Waals surface area (Å²) < 4.78 is 1.84. The molecule has 0 saturated heterocycles. The summed E-state index contributed by atoms with van der Waals surface area (Å²) in [5.74, 6) is -1.40. The third-order valence-electron chi connectivity index (χ3n) is 4.66. The van der Waals surface area contributed by atoms with Gasteiger partial charge in [-0.25, -0.2) is 0 Å². The maximum atomic E-state index is 12.8. The van der Waals surface area contributed by atoms with Gasteiger partial charge in [0.2, 0.25) is 0 Å². The van der Waals surface area contributed by atoms with E-state index >= 15 is 0 Å². The molecular weight excluding hydrogens is 384 g/mol. The molecule has 1 amide bonds. The van der Waals surface area contributed by atoms with Crippen molar-refractivity contribution in [3.05, 3.63) is 106 Å². The highest BCUT2D eigenvalue weighted by Crippen LogP contribution is 2.22. The van der Waals surface area contributed by atoms with Crippen LogP contribution in [0, 0.1) is 10.1 Å². The van der Waals surface area contributed by atoms with Crippen LogP contribution in [0.15, 0.2) is 79.3 Å². The van der Waals surface area contributed by atoms with Gasteiger partial charge in [-0.05, 0) is 35.9 Å². The predicted molar refractivity (Wildman–Crippen MR) is 110 cm³/mol. The van der Waals surface area contributed by atoms with E-state index in [1.54, 1.807) is 48.7 Å². The first-order chi connectivity index (χ1) is 14.5. The molecule has 3 aromatic heterocycles. The van der Waals surface area contributed by atoms with E-state index in [0.29, 0.717) is 17.6 Å². The van der Waals surface area contributed by atoms with Crippen LogP contribution in [0.1, 0.15) is 21.6 Å². The highest BCUT2D eigenvalue weighted by Gasteiger charge is 2.22. The number of hydrogen-bond donors (Lipinski definition) is 1. The van der Waals surface area contributed by atoms with Gasteiger partial charge >= 0.3 is 0 Å². The molecule has 0 saturated carbocycles. The smallest absolute Gasteiger partial charge is 0.296 e. The number of hydrogen-bond acceptors (Lipinski definition) is 5. The molecule has 0 fully saturated rings. The quantitative estimate of drug-likeness (QED) is 0.230. The molecule has 8 nitrogen and oxygen atoms in total. The van der Waals surface area contributed by atoms with Gasteiger partial charge in [0.25, 0.3) is 17.4 Å². The van der Waals surface area contributed by atoms with Crippen LogP contribution in [0.2, 0.25) is 0 Å². The molecule has 0 spiro atoms. The standard InChI is InChI=1S/C22H16N4O4/c27-21(22(28)24-16-4-3-10-23-14-16)19-13-18(25-11-2-1-5-20(19)25)12-15-6-8-17(9-7-15)26(29)30/h1-11,13-14H,12H2,(H,24,28). The normalized spacial score (nSPS) is 10.7. The number of Topliss-reactive ketones (excluding diaryl/α,β-unsaturated/α-hetero) is 1. The zero-order valence-electron chi connectivity index (χ0n) is 15.7. The van der Waals surface area contributed by atoms with E-state index in [0.717, 1.165) is 11.3 Å². The number of pyridine rings is 2. The van der Waals surface area contributed by atoms with Gasteiger partial charge in [-0.3, -0.25) is 24.7 Å². The molecule has 1 aromatic carbocycles. The molecule has 0 bridgehead atoms. The highest BCUT2D eigenvalue weighted by atomic mass is 16.6. The average Bonchev–Trinajstić information content (AvgIpc) is 3.13. The Labute approximate surface area is 171 Å². The van der Waals surface area contributed by atoms with Crippen molar-refractivity contribution in [2.24, 2.45) is 0 Å². The van der Waals surface area contributed by atoms with Crippen molar-refractivity contribution < 1.29 is 14.5 Å². The summed E-state index contributed by atoms with van der Waals surface area (Å²) in [7, 11) is 0. The third-order valence-corrected chi connectivity index (χ3v) is 4.66. The Hall–Kier alpha value is -4.33. The van der Waals surface area contributed by atoms with Crippen molar-refractivity contribution in [3.8, 4) is 0 Å². The predicted octanol–water partition coefficient (Wildman–Crippen LogP) is 3.65. The minimum Gasteiger partial charge on any atom is -0.320 e. The summed E-state index contributed by atoms with van der Waals surface area (Å²) in [5.41, 5.74) is 2.99. The number of fused-ring (bicyclic) bond motifs is 1. The van der Waals surface area contributed by atoms with Crippen LogP contribution in [-0.2, 0) is 11.2 Å². The van der Waals surface area contributed by atoms with Crippen LogP contribution in [0.3, 0.4) is 0 Å². The van der Waals surface area contributed by atoms with Crippen LogP contribution >= 0.6 is 0 Å². The third kappa shape index (κ3) is 3.79. The number of carbonyl (C=O) groups excluding carboxylic acids is 2. The molecule has 0 radical (unpaired) electrons. The lowest BCUT2D eigenvalue weighted by molar-refractivity contribution is -0.384. The number of non-ortho nitro benzene ring substituents is 1. The van der Waals surface area contributed by atoms with Gasteiger partial charge in [-0.2, -0.15) is 0 Å². The number of benzene rings is 1. The fourth-order valence-corrected chi connectivity index (χ4v) is 3.23. The molecule has 0 aliphatic heterocycles. The molecule has 0 aliphatic carbocycles. The van der Waals surface area contributed by atoms with E-state index in [9.17, 15) is 19.7 Å².